The van der Waals surface area contributed by atoms with Crippen LogP contribution >= 0.6 is 0 Å². The third-order valence-corrected chi connectivity index (χ3v) is 2.62. The fraction of sp³-hybridized carbons (Fsp3) is 0.538. The molecule has 0 spiro atoms. The zero-order valence-corrected chi connectivity index (χ0v) is 10.6. The van der Waals surface area contributed by atoms with E-state index in [0.717, 1.165) is 18.9 Å². The van der Waals surface area contributed by atoms with Gasteiger partial charge in [-0.05, 0) is 37.0 Å². The molecule has 0 aliphatic heterocycles. The maximum atomic E-state index is 12.8. The predicted molar refractivity (Wildman–Crippen MR) is 68.4 cm³/mol. The summed E-state index contributed by atoms with van der Waals surface area (Å²) in [5.74, 6) is 0.556. The molecule has 0 heterocycles. The van der Waals surface area contributed by atoms with E-state index in [4.69, 9.17) is 5.73 Å². The highest BCUT2D eigenvalue weighted by atomic mass is 19.4. The van der Waals surface area contributed by atoms with Crippen LogP contribution in [0.3, 0.4) is 0 Å². The number of nitrogen functional groups attached to an aromatic ring is 1. The molecule has 5 heteroatoms. The van der Waals surface area contributed by atoms with Gasteiger partial charge >= 0.3 is 6.18 Å². The van der Waals surface area contributed by atoms with Crippen LogP contribution in [0.15, 0.2) is 18.2 Å². The third-order valence-electron chi connectivity index (χ3n) is 2.62. The fourth-order valence-electron chi connectivity index (χ4n) is 1.68. The number of nitrogens with two attached hydrogens (primary N) is 1. The average molecular weight is 260 g/mol. The summed E-state index contributed by atoms with van der Waals surface area (Å²) < 4.78 is 38.3. The Morgan fingerprint density at radius 3 is 2.50 bits per heavy atom. The minimum absolute atomic E-state index is 0.0976. The second kappa shape index (κ2) is 5.98. The van der Waals surface area contributed by atoms with Gasteiger partial charge < -0.3 is 11.1 Å². The molecule has 102 valence electrons. The van der Waals surface area contributed by atoms with Crippen LogP contribution in [0, 0.1) is 5.92 Å². The van der Waals surface area contributed by atoms with Crippen molar-refractivity contribution in [2.75, 3.05) is 17.6 Å². The Hall–Kier alpha value is -1.39. The van der Waals surface area contributed by atoms with Crippen molar-refractivity contribution in [3.8, 4) is 0 Å². The quantitative estimate of drug-likeness (QED) is 0.617. The van der Waals surface area contributed by atoms with Gasteiger partial charge in [-0.15, -0.1) is 0 Å². The SMILES string of the molecule is CC(C)CCCNc1ccc(N)cc1C(F)(F)F. The van der Waals surface area contributed by atoms with E-state index in [1.807, 2.05) is 0 Å². The molecule has 0 bridgehead atoms. The lowest BCUT2D eigenvalue weighted by atomic mass is 10.1. The van der Waals surface area contributed by atoms with Crippen LogP contribution in [-0.2, 0) is 6.18 Å². The van der Waals surface area contributed by atoms with E-state index < -0.39 is 11.7 Å². The van der Waals surface area contributed by atoms with Crippen molar-refractivity contribution >= 4 is 11.4 Å². The van der Waals surface area contributed by atoms with Crippen molar-refractivity contribution in [1.29, 1.82) is 0 Å². The Morgan fingerprint density at radius 2 is 1.94 bits per heavy atom. The molecule has 1 aromatic rings. The minimum Gasteiger partial charge on any atom is -0.399 e. The van der Waals surface area contributed by atoms with Crippen molar-refractivity contribution < 1.29 is 13.2 Å². The number of benzene rings is 1. The first kappa shape index (κ1) is 14.7. The molecule has 0 fully saturated rings. The van der Waals surface area contributed by atoms with Crippen LogP contribution in [0.25, 0.3) is 0 Å². The summed E-state index contributed by atoms with van der Waals surface area (Å²) in [6.07, 6.45) is -2.54. The maximum absolute atomic E-state index is 12.8. The number of alkyl halides is 3. The molecular formula is C13H19F3N2. The molecule has 0 radical (unpaired) electrons. The van der Waals surface area contributed by atoms with Gasteiger partial charge in [0.15, 0.2) is 0 Å². The average Bonchev–Trinajstić information content (AvgIpc) is 2.24. The summed E-state index contributed by atoms with van der Waals surface area (Å²) in [7, 11) is 0. The Morgan fingerprint density at radius 1 is 1.28 bits per heavy atom. The molecule has 2 nitrogen and oxygen atoms in total. The number of anilines is 2. The van der Waals surface area contributed by atoms with Gasteiger partial charge in [-0.3, -0.25) is 0 Å². The van der Waals surface area contributed by atoms with Crippen LogP contribution < -0.4 is 11.1 Å². The highest BCUT2D eigenvalue weighted by Gasteiger charge is 2.33. The molecule has 0 atom stereocenters. The standard InChI is InChI=1S/C13H19F3N2/c1-9(2)4-3-7-18-12-6-5-10(17)8-11(12)13(14,15)16/h5-6,8-9,18H,3-4,7,17H2,1-2H3. The molecule has 0 amide bonds. The molecular weight excluding hydrogens is 241 g/mol. The molecule has 0 aliphatic rings. The van der Waals surface area contributed by atoms with Gasteiger partial charge in [-0.25, -0.2) is 0 Å². The molecule has 1 rings (SSSR count). The molecule has 0 unspecified atom stereocenters. The summed E-state index contributed by atoms with van der Waals surface area (Å²) in [5, 5.41) is 2.83. The lowest BCUT2D eigenvalue weighted by molar-refractivity contribution is -0.136. The van der Waals surface area contributed by atoms with E-state index in [-0.39, 0.29) is 11.4 Å². The van der Waals surface area contributed by atoms with Gasteiger partial charge in [0.1, 0.15) is 0 Å². The van der Waals surface area contributed by atoms with Gasteiger partial charge in [0.25, 0.3) is 0 Å². The van der Waals surface area contributed by atoms with E-state index in [1.54, 1.807) is 0 Å². The first-order chi connectivity index (χ1) is 8.30. The highest BCUT2D eigenvalue weighted by Crippen LogP contribution is 2.36. The van der Waals surface area contributed by atoms with Crippen LogP contribution in [0.4, 0.5) is 24.5 Å². The van der Waals surface area contributed by atoms with Gasteiger partial charge in [0.05, 0.1) is 5.56 Å². The van der Waals surface area contributed by atoms with E-state index in [2.05, 4.69) is 19.2 Å². The fourth-order valence-corrected chi connectivity index (χ4v) is 1.68. The largest absolute Gasteiger partial charge is 0.418 e. The Bertz CT molecular complexity index is 386. The molecule has 1 aromatic carbocycles. The van der Waals surface area contributed by atoms with Gasteiger partial charge in [-0.2, -0.15) is 13.2 Å². The summed E-state index contributed by atoms with van der Waals surface area (Å²) in [5.41, 5.74) is 4.91. The van der Waals surface area contributed by atoms with Gasteiger partial charge in [0.2, 0.25) is 0 Å². The summed E-state index contributed by atoms with van der Waals surface area (Å²) >= 11 is 0. The van der Waals surface area contributed by atoms with Crippen LogP contribution in [0.2, 0.25) is 0 Å². The van der Waals surface area contributed by atoms with Crippen molar-refractivity contribution in [2.45, 2.75) is 32.9 Å². The second-order valence-electron chi connectivity index (χ2n) is 4.77. The van der Waals surface area contributed by atoms with Crippen LogP contribution in [-0.4, -0.2) is 6.54 Å². The van der Waals surface area contributed by atoms with E-state index in [9.17, 15) is 13.2 Å². The Kier molecular flexibility index (Phi) is 4.87. The lowest BCUT2D eigenvalue weighted by Crippen LogP contribution is -2.12. The van der Waals surface area contributed by atoms with Crippen molar-refractivity contribution in [3.63, 3.8) is 0 Å². The van der Waals surface area contributed by atoms with Crippen molar-refractivity contribution in [1.82, 2.24) is 0 Å². The number of hydrogen-bond donors (Lipinski definition) is 2. The number of nitrogens with one attached hydrogen (secondary N) is 1. The topological polar surface area (TPSA) is 38.0 Å². The molecule has 3 N–H and O–H groups in total. The van der Waals surface area contributed by atoms with E-state index in [1.165, 1.54) is 12.1 Å². The highest BCUT2D eigenvalue weighted by molar-refractivity contribution is 5.59. The van der Waals surface area contributed by atoms with Gasteiger partial charge in [0, 0.05) is 17.9 Å². The monoisotopic (exact) mass is 260 g/mol. The zero-order chi connectivity index (χ0) is 13.8. The lowest BCUT2D eigenvalue weighted by Gasteiger charge is -2.15. The zero-order valence-electron chi connectivity index (χ0n) is 10.6. The Balaban J connectivity index is 2.70. The first-order valence-electron chi connectivity index (χ1n) is 6.01. The maximum Gasteiger partial charge on any atom is 0.418 e. The van der Waals surface area contributed by atoms with Crippen molar-refractivity contribution in [3.05, 3.63) is 23.8 Å². The Labute approximate surface area is 105 Å². The normalized spacial score (nSPS) is 11.9. The molecule has 0 saturated heterocycles. The third kappa shape index (κ3) is 4.47. The van der Waals surface area contributed by atoms with Crippen LogP contribution in [0.5, 0.6) is 0 Å². The molecule has 0 aromatic heterocycles. The van der Waals surface area contributed by atoms with E-state index in [0.29, 0.717) is 12.5 Å². The molecule has 0 aliphatic carbocycles. The predicted octanol–water partition coefficient (Wildman–Crippen LogP) is 4.14. The number of hydrogen-bond acceptors (Lipinski definition) is 2. The van der Waals surface area contributed by atoms with Crippen molar-refractivity contribution in [2.24, 2.45) is 5.92 Å². The van der Waals surface area contributed by atoms with Crippen LogP contribution in [0.1, 0.15) is 32.3 Å². The molecule has 0 saturated carbocycles. The van der Waals surface area contributed by atoms with E-state index >= 15 is 0 Å². The number of rotatable bonds is 5. The summed E-state index contributed by atoms with van der Waals surface area (Å²) in [4.78, 5) is 0. The first-order valence-corrected chi connectivity index (χ1v) is 6.01. The summed E-state index contributed by atoms with van der Waals surface area (Å²) in [6, 6.07) is 3.82. The minimum atomic E-state index is -4.38. The smallest absolute Gasteiger partial charge is 0.399 e. The second-order valence-corrected chi connectivity index (χ2v) is 4.77. The number of halogens is 3. The molecule has 18 heavy (non-hydrogen) atoms. The summed E-state index contributed by atoms with van der Waals surface area (Å²) in [6.45, 7) is 4.71. The van der Waals surface area contributed by atoms with Gasteiger partial charge in [-0.1, -0.05) is 13.8 Å².